The lowest BCUT2D eigenvalue weighted by Gasteiger charge is -2.28. The monoisotopic (exact) mass is 268 g/mol. The van der Waals surface area contributed by atoms with Crippen LogP contribution in [0.5, 0.6) is 0 Å². The Kier molecular flexibility index (Phi) is 6.62. The first-order valence-corrected chi connectivity index (χ1v) is 8.29. The molecule has 2 unspecified atom stereocenters. The van der Waals surface area contributed by atoms with Crippen molar-refractivity contribution < 1.29 is 4.74 Å². The van der Waals surface area contributed by atoms with Gasteiger partial charge in [-0.15, -0.1) is 0 Å². The zero-order chi connectivity index (χ0) is 13.5. The summed E-state index contributed by atoms with van der Waals surface area (Å²) >= 11 is 0. The van der Waals surface area contributed by atoms with Crippen LogP contribution in [-0.2, 0) is 4.74 Å². The summed E-state index contributed by atoms with van der Waals surface area (Å²) in [5.41, 5.74) is 0. The van der Waals surface area contributed by atoms with Gasteiger partial charge in [-0.25, -0.2) is 0 Å². The maximum Gasteiger partial charge on any atom is 0.0726 e. The number of hydrogen-bond donors (Lipinski definition) is 1. The fourth-order valence-corrected chi connectivity index (χ4v) is 3.51. The molecule has 1 heterocycles. The van der Waals surface area contributed by atoms with Crippen LogP contribution in [0.2, 0.25) is 0 Å². The molecule has 2 rings (SSSR count). The van der Waals surface area contributed by atoms with Gasteiger partial charge in [0.25, 0.3) is 0 Å². The third-order valence-electron chi connectivity index (χ3n) is 4.78. The molecular weight excluding hydrogens is 236 g/mol. The second-order valence-corrected chi connectivity index (χ2v) is 6.56. The highest BCUT2D eigenvalue weighted by Gasteiger charge is 2.21. The molecule has 2 fully saturated rings. The van der Waals surface area contributed by atoms with Crippen LogP contribution >= 0.6 is 0 Å². The van der Waals surface area contributed by atoms with Crippen molar-refractivity contribution in [3.8, 4) is 0 Å². The Hall–Kier alpha value is -0.120. The number of likely N-dealkylation sites (N-methyl/N-ethyl adjacent to an activating group) is 1. The summed E-state index contributed by atoms with van der Waals surface area (Å²) in [4.78, 5) is 2.51. The number of nitrogens with one attached hydrogen (secondary N) is 1. The molecule has 2 atom stereocenters. The SMILES string of the molecule is CC(NCCN(C)CC1CCCCC1)C1CCCO1. The molecule has 112 valence electrons. The second-order valence-electron chi connectivity index (χ2n) is 6.56. The number of ether oxygens (including phenoxy) is 1. The van der Waals surface area contributed by atoms with Gasteiger partial charge in [0.05, 0.1) is 6.10 Å². The molecule has 1 N–H and O–H groups in total. The largest absolute Gasteiger partial charge is 0.377 e. The summed E-state index contributed by atoms with van der Waals surface area (Å²) in [6.45, 7) is 6.75. The average molecular weight is 268 g/mol. The van der Waals surface area contributed by atoms with E-state index in [1.54, 1.807) is 0 Å². The molecule has 0 radical (unpaired) electrons. The van der Waals surface area contributed by atoms with Gasteiger partial charge in [0.15, 0.2) is 0 Å². The second kappa shape index (κ2) is 8.23. The van der Waals surface area contributed by atoms with E-state index in [0.717, 1.165) is 25.6 Å². The first kappa shape index (κ1) is 15.3. The van der Waals surface area contributed by atoms with Crippen molar-refractivity contribution in [1.29, 1.82) is 0 Å². The summed E-state index contributed by atoms with van der Waals surface area (Å²) in [5, 5.41) is 3.63. The first-order valence-electron chi connectivity index (χ1n) is 8.29. The van der Waals surface area contributed by atoms with Crippen molar-refractivity contribution in [2.24, 2.45) is 5.92 Å². The third kappa shape index (κ3) is 5.41. The van der Waals surface area contributed by atoms with Crippen LogP contribution in [0.4, 0.5) is 0 Å². The van der Waals surface area contributed by atoms with Gasteiger partial charge in [-0.1, -0.05) is 19.3 Å². The van der Waals surface area contributed by atoms with Crippen molar-refractivity contribution in [2.45, 2.75) is 64.0 Å². The number of hydrogen-bond acceptors (Lipinski definition) is 3. The molecule has 0 aromatic heterocycles. The molecular formula is C16H32N2O. The van der Waals surface area contributed by atoms with Crippen molar-refractivity contribution in [3.63, 3.8) is 0 Å². The highest BCUT2D eigenvalue weighted by atomic mass is 16.5. The van der Waals surface area contributed by atoms with E-state index in [4.69, 9.17) is 4.74 Å². The molecule has 0 aromatic rings. The standard InChI is InChI=1S/C16H32N2O/c1-14(16-9-6-12-19-16)17-10-11-18(2)13-15-7-4-3-5-8-15/h14-17H,3-13H2,1-2H3. The zero-order valence-corrected chi connectivity index (χ0v) is 12.9. The van der Waals surface area contributed by atoms with Gasteiger partial charge in [-0.05, 0) is 45.6 Å². The minimum Gasteiger partial charge on any atom is -0.377 e. The van der Waals surface area contributed by atoms with E-state index < -0.39 is 0 Å². The van der Waals surface area contributed by atoms with Gasteiger partial charge in [0.1, 0.15) is 0 Å². The molecule has 0 spiro atoms. The first-order chi connectivity index (χ1) is 9.25. The van der Waals surface area contributed by atoms with Crippen LogP contribution in [-0.4, -0.2) is 50.3 Å². The van der Waals surface area contributed by atoms with Gasteiger partial charge in [-0.3, -0.25) is 0 Å². The Labute approximate surface area is 119 Å². The van der Waals surface area contributed by atoms with Crippen LogP contribution in [0.1, 0.15) is 51.9 Å². The summed E-state index contributed by atoms with van der Waals surface area (Å²) in [6.07, 6.45) is 10.2. The normalized spacial score (nSPS) is 27.0. The average Bonchev–Trinajstić information content (AvgIpc) is 2.93. The lowest BCUT2D eigenvalue weighted by atomic mass is 9.89. The minimum absolute atomic E-state index is 0.448. The Bertz CT molecular complexity index is 235. The number of nitrogens with zero attached hydrogens (tertiary/aromatic N) is 1. The molecule has 1 aliphatic heterocycles. The van der Waals surface area contributed by atoms with Gasteiger partial charge in [-0.2, -0.15) is 0 Å². The van der Waals surface area contributed by atoms with Crippen LogP contribution in [0, 0.1) is 5.92 Å². The van der Waals surface area contributed by atoms with Crippen LogP contribution in [0.25, 0.3) is 0 Å². The van der Waals surface area contributed by atoms with Gasteiger partial charge in [0.2, 0.25) is 0 Å². The van der Waals surface area contributed by atoms with Crippen LogP contribution in [0.15, 0.2) is 0 Å². The van der Waals surface area contributed by atoms with Crippen LogP contribution in [0.3, 0.4) is 0 Å². The Balaban J connectivity index is 1.54. The molecule has 0 amide bonds. The molecule has 1 aliphatic carbocycles. The maximum atomic E-state index is 5.72. The summed E-state index contributed by atoms with van der Waals surface area (Å²) in [6, 6.07) is 0.505. The highest BCUT2D eigenvalue weighted by Crippen LogP contribution is 2.23. The lowest BCUT2D eigenvalue weighted by molar-refractivity contribution is 0.0827. The molecule has 2 aliphatic rings. The van der Waals surface area contributed by atoms with E-state index in [2.05, 4.69) is 24.2 Å². The maximum absolute atomic E-state index is 5.72. The molecule has 19 heavy (non-hydrogen) atoms. The summed E-state index contributed by atoms with van der Waals surface area (Å²) < 4.78 is 5.72. The molecule has 0 bridgehead atoms. The molecule has 1 saturated carbocycles. The molecule has 0 aromatic carbocycles. The van der Waals surface area contributed by atoms with E-state index >= 15 is 0 Å². The fraction of sp³-hybridized carbons (Fsp3) is 1.00. The molecule has 3 heteroatoms. The highest BCUT2D eigenvalue weighted by molar-refractivity contribution is 4.77. The summed E-state index contributed by atoms with van der Waals surface area (Å²) in [7, 11) is 2.27. The van der Waals surface area contributed by atoms with E-state index in [-0.39, 0.29) is 0 Å². The Morgan fingerprint density at radius 2 is 1.95 bits per heavy atom. The van der Waals surface area contributed by atoms with Crippen molar-refractivity contribution in [1.82, 2.24) is 10.2 Å². The van der Waals surface area contributed by atoms with Gasteiger partial charge < -0.3 is 15.0 Å². The molecule has 1 saturated heterocycles. The van der Waals surface area contributed by atoms with E-state index in [1.807, 2.05) is 0 Å². The minimum atomic E-state index is 0.448. The fourth-order valence-electron chi connectivity index (χ4n) is 3.51. The van der Waals surface area contributed by atoms with Crippen molar-refractivity contribution >= 4 is 0 Å². The third-order valence-corrected chi connectivity index (χ3v) is 4.78. The predicted molar refractivity (Wildman–Crippen MR) is 80.5 cm³/mol. The Morgan fingerprint density at radius 1 is 1.16 bits per heavy atom. The summed E-state index contributed by atoms with van der Waals surface area (Å²) in [5.74, 6) is 0.953. The zero-order valence-electron chi connectivity index (χ0n) is 12.9. The Morgan fingerprint density at radius 3 is 2.63 bits per heavy atom. The quantitative estimate of drug-likeness (QED) is 0.768. The van der Waals surface area contributed by atoms with E-state index in [0.29, 0.717) is 12.1 Å². The molecule has 3 nitrogen and oxygen atoms in total. The topological polar surface area (TPSA) is 24.5 Å². The van der Waals surface area contributed by atoms with Crippen LogP contribution < -0.4 is 5.32 Å². The van der Waals surface area contributed by atoms with E-state index in [1.165, 1.54) is 51.5 Å². The van der Waals surface area contributed by atoms with Gasteiger partial charge >= 0.3 is 0 Å². The van der Waals surface area contributed by atoms with E-state index in [9.17, 15) is 0 Å². The van der Waals surface area contributed by atoms with Gasteiger partial charge in [0, 0.05) is 32.3 Å². The smallest absolute Gasteiger partial charge is 0.0726 e. The van der Waals surface area contributed by atoms with Crippen molar-refractivity contribution in [3.05, 3.63) is 0 Å². The predicted octanol–water partition coefficient (Wildman–Crippen LogP) is 2.66. The lowest BCUT2D eigenvalue weighted by Crippen LogP contribution is -2.41. The van der Waals surface area contributed by atoms with Crippen molar-refractivity contribution in [2.75, 3.05) is 33.3 Å². The number of rotatable bonds is 7.